The first-order chi connectivity index (χ1) is 12.2. The Morgan fingerprint density at radius 1 is 1.20 bits per heavy atom. The van der Waals surface area contributed by atoms with Gasteiger partial charge in [-0.3, -0.25) is 4.79 Å². The monoisotopic (exact) mass is 350 g/mol. The molecule has 4 heteroatoms. The number of carbonyl (C=O) groups excluding carboxylic acids is 1. The number of aromatic nitrogens is 1. The van der Waals surface area contributed by atoms with Gasteiger partial charge in [-0.2, -0.15) is 0 Å². The third-order valence-corrected chi connectivity index (χ3v) is 5.60. The van der Waals surface area contributed by atoms with Crippen molar-refractivity contribution in [2.75, 3.05) is 13.1 Å². The predicted molar refractivity (Wildman–Crippen MR) is 106 cm³/mol. The summed E-state index contributed by atoms with van der Waals surface area (Å²) in [4.78, 5) is 19.4. The van der Waals surface area contributed by atoms with Crippen LogP contribution in [-0.2, 0) is 4.79 Å². The molecule has 0 spiro atoms. The maximum atomic E-state index is 12.7. The van der Waals surface area contributed by atoms with Gasteiger partial charge in [0.1, 0.15) is 0 Å². The summed E-state index contributed by atoms with van der Waals surface area (Å²) in [5, 5.41) is 1.20. The fraction of sp³-hybridized carbons (Fsp3) is 0.238. The minimum atomic E-state index is 0.0562. The molecule has 1 aliphatic rings. The minimum Gasteiger partial charge on any atom is -0.339 e. The average molecular weight is 350 g/mol. The van der Waals surface area contributed by atoms with E-state index < -0.39 is 0 Å². The smallest absolute Gasteiger partial charge is 0.253 e. The summed E-state index contributed by atoms with van der Waals surface area (Å²) in [5.41, 5.74) is 1.72. The van der Waals surface area contributed by atoms with E-state index >= 15 is 0 Å². The van der Waals surface area contributed by atoms with E-state index in [2.05, 4.69) is 31.4 Å². The Balaban J connectivity index is 1.67. The summed E-state index contributed by atoms with van der Waals surface area (Å²) < 4.78 is 1.24. The number of fused-ring (bicyclic) bond motifs is 1. The molecule has 0 radical (unpaired) electrons. The van der Waals surface area contributed by atoms with Crippen molar-refractivity contribution >= 4 is 27.5 Å². The molecule has 2 aromatic rings. The van der Waals surface area contributed by atoms with Crippen molar-refractivity contribution in [2.45, 2.75) is 18.8 Å². The van der Waals surface area contributed by atoms with Crippen LogP contribution in [0.25, 0.3) is 10.2 Å². The molecular weight excluding hydrogens is 328 g/mol. The summed E-state index contributed by atoms with van der Waals surface area (Å²) in [6.07, 6.45) is 10.5. The van der Waals surface area contributed by atoms with Gasteiger partial charge in [-0.15, -0.1) is 11.3 Å². The molecule has 0 bridgehead atoms. The second-order valence-electron chi connectivity index (χ2n) is 6.04. The standard InChI is InChI=1S/C21H22N2OS/c1-3-5-9-17(8-4-2)21(24)23-14-12-16(13-15-23)20-22-18-10-6-7-11-19(18)25-20/h3-11,16H,1-2,12-15H2/b9-5-,17-8+. The van der Waals surface area contributed by atoms with E-state index in [1.165, 1.54) is 9.71 Å². The maximum Gasteiger partial charge on any atom is 0.253 e. The number of benzene rings is 1. The Morgan fingerprint density at radius 3 is 2.64 bits per heavy atom. The van der Waals surface area contributed by atoms with Crippen molar-refractivity contribution in [1.82, 2.24) is 9.88 Å². The molecule has 1 aromatic heterocycles. The second-order valence-corrected chi connectivity index (χ2v) is 7.10. The molecule has 128 valence electrons. The van der Waals surface area contributed by atoms with Gasteiger partial charge in [0.15, 0.2) is 0 Å². The third kappa shape index (κ3) is 3.97. The molecule has 0 N–H and O–H groups in total. The fourth-order valence-corrected chi connectivity index (χ4v) is 4.21. The van der Waals surface area contributed by atoms with Gasteiger partial charge in [-0.25, -0.2) is 4.98 Å². The number of thiazole rings is 1. The lowest BCUT2D eigenvalue weighted by Gasteiger charge is -2.31. The van der Waals surface area contributed by atoms with E-state index in [4.69, 9.17) is 4.98 Å². The van der Waals surface area contributed by atoms with Crippen LogP contribution in [0.2, 0.25) is 0 Å². The van der Waals surface area contributed by atoms with Gasteiger partial charge >= 0.3 is 0 Å². The molecular formula is C21H22N2OS. The van der Waals surface area contributed by atoms with Crippen LogP contribution in [-0.4, -0.2) is 28.9 Å². The topological polar surface area (TPSA) is 33.2 Å². The number of piperidine rings is 1. The van der Waals surface area contributed by atoms with Crippen LogP contribution >= 0.6 is 11.3 Å². The van der Waals surface area contributed by atoms with Crippen LogP contribution in [0.15, 0.2) is 73.4 Å². The number of para-hydroxylation sites is 1. The molecule has 0 aliphatic carbocycles. The minimum absolute atomic E-state index is 0.0562. The second kappa shape index (κ2) is 8.08. The molecule has 1 fully saturated rings. The molecule has 0 unspecified atom stereocenters. The Hall–Kier alpha value is -2.46. The molecule has 25 heavy (non-hydrogen) atoms. The summed E-state index contributed by atoms with van der Waals surface area (Å²) in [7, 11) is 0. The molecule has 1 aromatic carbocycles. The zero-order chi connectivity index (χ0) is 17.6. The van der Waals surface area contributed by atoms with Crippen LogP contribution in [0.5, 0.6) is 0 Å². The van der Waals surface area contributed by atoms with Gasteiger partial charge in [0, 0.05) is 24.6 Å². The van der Waals surface area contributed by atoms with Crippen molar-refractivity contribution in [3.8, 4) is 0 Å². The average Bonchev–Trinajstić information content (AvgIpc) is 3.09. The Bertz CT molecular complexity index is 805. The maximum absolute atomic E-state index is 12.7. The summed E-state index contributed by atoms with van der Waals surface area (Å²) in [5.74, 6) is 0.498. The highest BCUT2D eigenvalue weighted by molar-refractivity contribution is 7.18. The van der Waals surface area contributed by atoms with Gasteiger partial charge in [0.2, 0.25) is 0 Å². The lowest BCUT2D eigenvalue weighted by Crippen LogP contribution is -2.38. The molecule has 3 rings (SSSR count). The third-order valence-electron chi connectivity index (χ3n) is 4.40. The summed E-state index contributed by atoms with van der Waals surface area (Å²) >= 11 is 1.78. The Labute approximate surface area is 152 Å². The number of carbonyl (C=O) groups is 1. The Morgan fingerprint density at radius 2 is 1.96 bits per heavy atom. The first kappa shape index (κ1) is 17.4. The fourth-order valence-electron chi connectivity index (χ4n) is 3.07. The normalized spacial score (nSPS) is 16.5. The molecule has 2 heterocycles. The van der Waals surface area contributed by atoms with Crippen LogP contribution in [0.1, 0.15) is 23.8 Å². The van der Waals surface area contributed by atoms with Gasteiger partial charge in [0.25, 0.3) is 5.91 Å². The van der Waals surface area contributed by atoms with Crippen LogP contribution < -0.4 is 0 Å². The SMILES string of the molecule is C=C/C=C\C(=C/C=C)C(=O)N1CCC(c2nc3ccccc3s2)CC1. The van der Waals surface area contributed by atoms with Gasteiger partial charge < -0.3 is 4.90 Å². The van der Waals surface area contributed by atoms with Gasteiger partial charge in [-0.05, 0) is 31.1 Å². The van der Waals surface area contributed by atoms with Crippen molar-refractivity contribution in [2.24, 2.45) is 0 Å². The van der Waals surface area contributed by atoms with E-state index in [-0.39, 0.29) is 5.91 Å². The van der Waals surface area contributed by atoms with E-state index in [1.54, 1.807) is 41.7 Å². The van der Waals surface area contributed by atoms with Crippen LogP contribution in [0.3, 0.4) is 0 Å². The highest BCUT2D eigenvalue weighted by atomic mass is 32.1. The van der Waals surface area contributed by atoms with E-state index in [1.807, 2.05) is 11.0 Å². The quantitative estimate of drug-likeness (QED) is 0.570. The van der Waals surface area contributed by atoms with Crippen molar-refractivity contribution < 1.29 is 4.79 Å². The molecule has 3 nitrogen and oxygen atoms in total. The van der Waals surface area contributed by atoms with E-state index in [9.17, 15) is 4.79 Å². The van der Waals surface area contributed by atoms with E-state index in [0.29, 0.717) is 11.5 Å². The summed E-state index contributed by atoms with van der Waals surface area (Å²) in [6, 6.07) is 8.26. The number of nitrogens with zero attached hydrogens (tertiary/aromatic N) is 2. The molecule has 1 amide bonds. The number of amides is 1. The Kier molecular flexibility index (Phi) is 5.61. The molecule has 0 saturated carbocycles. The summed E-state index contributed by atoms with van der Waals surface area (Å²) in [6.45, 7) is 8.87. The predicted octanol–water partition coefficient (Wildman–Crippen LogP) is 4.86. The largest absolute Gasteiger partial charge is 0.339 e. The van der Waals surface area contributed by atoms with E-state index in [0.717, 1.165) is 31.4 Å². The van der Waals surface area contributed by atoms with Crippen molar-refractivity contribution in [3.63, 3.8) is 0 Å². The lowest BCUT2D eigenvalue weighted by atomic mass is 9.97. The van der Waals surface area contributed by atoms with Crippen LogP contribution in [0.4, 0.5) is 0 Å². The first-order valence-electron chi connectivity index (χ1n) is 8.49. The van der Waals surface area contributed by atoms with Gasteiger partial charge in [-0.1, -0.05) is 49.6 Å². The molecule has 1 saturated heterocycles. The highest BCUT2D eigenvalue weighted by Crippen LogP contribution is 2.34. The van der Waals surface area contributed by atoms with Crippen molar-refractivity contribution in [3.05, 3.63) is 78.4 Å². The molecule has 0 atom stereocenters. The number of hydrogen-bond acceptors (Lipinski definition) is 3. The lowest BCUT2D eigenvalue weighted by molar-refractivity contribution is -0.127. The zero-order valence-electron chi connectivity index (χ0n) is 14.2. The van der Waals surface area contributed by atoms with Gasteiger partial charge in [0.05, 0.1) is 15.2 Å². The van der Waals surface area contributed by atoms with Crippen molar-refractivity contribution in [1.29, 1.82) is 0 Å². The molecule has 1 aliphatic heterocycles. The number of likely N-dealkylation sites (tertiary alicyclic amines) is 1. The number of allylic oxidation sites excluding steroid dienone is 4. The number of hydrogen-bond donors (Lipinski definition) is 0. The number of rotatable bonds is 5. The van der Waals surface area contributed by atoms with Crippen LogP contribution in [0, 0.1) is 0 Å². The highest BCUT2D eigenvalue weighted by Gasteiger charge is 2.26. The first-order valence-corrected chi connectivity index (χ1v) is 9.31. The zero-order valence-corrected chi connectivity index (χ0v) is 15.0.